The molecule has 4 N–H and O–H groups in total. The number of aromatic nitrogens is 2. The summed E-state index contributed by atoms with van der Waals surface area (Å²) in [4.78, 5) is 9.83. The first-order valence-corrected chi connectivity index (χ1v) is 11.3. The second-order valence-electron chi connectivity index (χ2n) is 8.63. The van der Waals surface area contributed by atoms with Crippen molar-refractivity contribution in [2.75, 3.05) is 23.7 Å². The third kappa shape index (κ3) is 4.57. The van der Waals surface area contributed by atoms with E-state index in [-0.39, 0.29) is 0 Å². The van der Waals surface area contributed by atoms with Crippen LogP contribution in [-0.2, 0) is 6.42 Å². The molecule has 2 saturated carbocycles. The summed E-state index contributed by atoms with van der Waals surface area (Å²) in [5.41, 5.74) is 8.12. The number of rotatable bonds is 9. The second kappa shape index (κ2) is 9.08. The fourth-order valence-corrected chi connectivity index (χ4v) is 4.61. The standard InChI is InChI=1S/C23H35N5/c1-2-20(17-11-12-17)26-22-19-10-6-9-18(13-14-24)21(19)27-23(28-22)25-15-16-7-4-3-5-8-16/h6,9-10,16-17,20H,2-5,7-8,11-15,24H2,1H3,(H2,25,26,27,28)/t20-/m1/s1. The number of anilines is 2. The van der Waals surface area contributed by atoms with Gasteiger partial charge in [0.2, 0.25) is 5.95 Å². The summed E-state index contributed by atoms with van der Waals surface area (Å²) in [6.45, 7) is 3.88. The van der Waals surface area contributed by atoms with Crippen molar-refractivity contribution in [1.82, 2.24) is 9.97 Å². The van der Waals surface area contributed by atoms with Gasteiger partial charge in [0.05, 0.1) is 5.52 Å². The van der Waals surface area contributed by atoms with E-state index in [0.717, 1.165) is 53.9 Å². The van der Waals surface area contributed by atoms with Crippen LogP contribution in [0.2, 0.25) is 0 Å². The second-order valence-corrected chi connectivity index (χ2v) is 8.63. The fourth-order valence-electron chi connectivity index (χ4n) is 4.61. The maximum Gasteiger partial charge on any atom is 0.225 e. The third-order valence-corrected chi connectivity index (χ3v) is 6.45. The Bertz CT molecular complexity index is 780. The Balaban J connectivity index is 1.62. The number of hydrogen-bond acceptors (Lipinski definition) is 5. The molecule has 1 aromatic heterocycles. The molecular formula is C23H35N5. The van der Waals surface area contributed by atoms with Gasteiger partial charge in [-0.2, -0.15) is 4.98 Å². The van der Waals surface area contributed by atoms with Gasteiger partial charge in [-0.3, -0.25) is 0 Å². The highest BCUT2D eigenvalue weighted by atomic mass is 15.2. The van der Waals surface area contributed by atoms with Crippen LogP contribution < -0.4 is 16.4 Å². The topological polar surface area (TPSA) is 75.9 Å². The molecule has 2 fully saturated rings. The predicted octanol–water partition coefficient (Wildman–Crippen LogP) is 4.72. The molecule has 1 heterocycles. The Labute approximate surface area is 168 Å². The molecule has 2 aliphatic rings. The summed E-state index contributed by atoms with van der Waals surface area (Å²) in [6, 6.07) is 6.90. The summed E-state index contributed by atoms with van der Waals surface area (Å²) < 4.78 is 0. The molecule has 5 heteroatoms. The largest absolute Gasteiger partial charge is 0.366 e. The zero-order valence-electron chi connectivity index (χ0n) is 17.2. The predicted molar refractivity (Wildman–Crippen MR) is 118 cm³/mol. The molecule has 5 nitrogen and oxygen atoms in total. The van der Waals surface area contributed by atoms with Gasteiger partial charge in [0.15, 0.2) is 0 Å². The van der Waals surface area contributed by atoms with Gasteiger partial charge in [-0.05, 0) is 68.5 Å². The van der Waals surface area contributed by atoms with Crippen molar-refractivity contribution in [2.24, 2.45) is 17.6 Å². The number of para-hydroxylation sites is 1. The van der Waals surface area contributed by atoms with Gasteiger partial charge in [0, 0.05) is 18.0 Å². The molecule has 28 heavy (non-hydrogen) atoms. The van der Waals surface area contributed by atoms with E-state index >= 15 is 0 Å². The highest BCUT2D eigenvalue weighted by Crippen LogP contribution is 2.36. The fraction of sp³-hybridized carbons (Fsp3) is 0.652. The number of nitrogens with two attached hydrogens (primary N) is 1. The SMILES string of the molecule is CC[C@@H](Nc1nc(NCC2CCCCC2)nc2c(CCN)cccc12)C1CC1. The van der Waals surface area contributed by atoms with Crippen LogP contribution in [-0.4, -0.2) is 29.1 Å². The molecule has 2 aliphatic carbocycles. The Hall–Kier alpha value is -1.88. The van der Waals surface area contributed by atoms with Crippen LogP contribution in [0.15, 0.2) is 18.2 Å². The first-order valence-electron chi connectivity index (χ1n) is 11.3. The lowest BCUT2D eigenvalue weighted by Gasteiger charge is -2.23. The van der Waals surface area contributed by atoms with Crippen molar-refractivity contribution < 1.29 is 0 Å². The number of fused-ring (bicyclic) bond motifs is 1. The lowest BCUT2D eigenvalue weighted by Crippen LogP contribution is -2.23. The molecule has 0 saturated heterocycles. The van der Waals surface area contributed by atoms with Gasteiger partial charge in [0.1, 0.15) is 5.82 Å². The van der Waals surface area contributed by atoms with E-state index in [2.05, 4.69) is 35.8 Å². The molecule has 1 atom stereocenters. The Morgan fingerprint density at radius 3 is 2.64 bits per heavy atom. The summed E-state index contributed by atoms with van der Waals surface area (Å²) in [7, 11) is 0. The van der Waals surface area contributed by atoms with Gasteiger partial charge in [-0.15, -0.1) is 0 Å². The smallest absolute Gasteiger partial charge is 0.225 e. The quantitative estimate of drug-likeness (QED) is 0.586. The van der Waals surface area contributed by atoms with Gasteiger partial charge in [-0.25, -0.2) is 4.98 Å². The molecule has 0 unspecified atom stereocenters. The number of benzene rings is 1. The van der Waals surface area contributed by atoms with E-state index in [1.165, 1.54) is 50.5 Å². The molecule has 0 spiro atoms. The summed E-state index contributed by atoms with van der Waals surface area (Å²) >= 11 is 0. The molecule has 152 valence electrons. The Kier molecular flexibility index (Phi) is 6.30. The number of nitrogens with zero attached hydrogens (tertiary/aromatic N) is 2. The molecule has 1 aromatic carbocycles. The first-order chi connectivity index (χ1) is 13.8. The van der Waals surface area contributed by atoms with Crippen LogP contribution in [0.25, 0.3) is 10.9 Å². The lowest BCUT2D eigenvalue weighted by atomic mass is 9.89. The zero-order chi connectivity index (χ0) is 19.3. The van der Waals surface area contributed by atoms with Gasteiger partial charge in [-0.1, -0.05) is 38.3 Å². The highest BCUT2D eigenvalue weighted by Gasteiger charge is 2.30. The molecule has 0 aliphatic heterocycles. The minimum Gasteiger partial charge on any atom is -0.366 e. The average molecular weight is 382 g/mol. The summed E-state index contributed by atoms with van der Waals surface area (Å²) in [5.74, 6) is 3.28. The number of nitrogens with one attached hydrogen (secondary N) is 2. The maximum absolute atomic E-state index is 5.86. The van der Waals surface area contributed by atoms with Crippen molar-refractivity contribution >= 4 is 22.7 Å². The van der Waals surface area contributed by atoms with Gasteiger partial charge in [0.25, 0.3) is 0 Å². The van der Waals surface area contributed by atoms with Crippen LogP contribution in [0, 0.1) is 11.8 Å². The Morgan fingerprint density at radius 1 is 1.11 bits per heavy atom. The molecule has 0 amide bonds. The minimum absolute atomic E-state index is 0.502. The summed E-state index contributed by atoms with van der Waals surface area (Å²) in [5, 5.41) is 8.44. The summed E-state index contributed by atoms with van der Waals surface area (Å²) in [6.07, 6.45) is 11.4. The van der Waals surface area contributed by atoms with E-state index in [1.54, 1.807) is 0 Å². The van der Waals surface area contributed by atoms with E-state index in [1.807, 2.05) is 0 Å². The monoisotopic (exact) mass is 381 g/mol. The highest BCUT2D eigenvalue weighted by molar-refractivity contribution is 5.92. The third-order valence-electron chi connectivity index (χ3n) is 6.45. The molecule has 0 radical (unpaired) electrons. The first kappa shape index (κ1) is 19.4. The van der Waals surface area contributed by atoms with Crippen LogP contribution in [0.3, 0.4) is 0 Å². The van der Waals surface area contributed by atoms with Crippen molar-refractivity contribution in [3.05, 3.63) is 23.8 Å². The van der Waals surface area contributed by atoms with Crippen molar-refractivity contribution in [2.45, 2.75) is 70.8 Å². The van der Waals surface area contributed by atoms with E-state index in [0.29, 0.717) is 12.6 Å². The van der Waals surface area contributed by atoms with Crippen molar-refractivity contribution in [3.8, 4) is 0 Å². The van der Waals surface area contributed by atoms with Gasteiger partial charge >= 0.3 is 0 Å². The molecular weight excluding hydrogens is 346 g/mol. The molecule has 4 rings (SSSR count). The van der Waals surface area contributed by atoms with E-state index in [4.69, 9.17) is 15.7 Å². The normalized spacial score (nSPS) is 18.9. The molecule has 2 aromatic rings. The Morgan fingerprint density at radius 2 is 1.93 bits per heavy atom. The zero-order valence-corrected chi connectivity index (χ0v) is 17.2. The van der Waals surface area contributed by atoms with Crippen molar-refractivity contribution in [3.63, 3.8) is 0 Å². The van der Waals surface area contributed by atoms with Gasteiger partial charge < -0.3 is 16.4 Å². The minimum atomic E-state index is 0.502. The van der Waals surface area contributed by atoms with E-state index < -0.39 is 0 Å². The lowest BCUT2D eigenvalue weighted by molar-refractivity contribution is 0.373. The average Bonchev–Trinajstić information content (AvgIpc) is 3.57. The number of hydrogen-bond donors (Lipinski definition) is 3. The maximum atomic E-state index is 5.86. The van der Waals surface area contributed by atoms with Crippen molar-refractivity contribution in [1.29, 1.82) is 0 Å². The van der Waals surface area contributed by atoms with E-state index in [9.17, 15) is 0 Å². The molecule has 0 bridgehead atoms. The van der Waals surface area contributed by atoms with Crippen LogP contribution in [0.4, 0.5) is 11.8 Å². The van der Waals surface area contributed by atoms with Crippen LogP contribution in [0.1, 0.15) is 63.9 Å². The van der Waals surface area contributed by atoms with Crippen LogP contribution >= 0.6 is 0 Å². The van der Waals surface area contributed by atoms with Crippen LogP contribution in [0.5, 0.6) is 0 Å².